The normalized spacial score (nSPS) is 8.83. The van der Waals surface area contributed by atoms with E-state index >= 15 is 0 Å². The number of aromatic amines is 5. The predicted octanol–water partition coefficient (Wildman–Crippen LogP) is 9.59. The summed E-state index contributed by atoms with van der Waals surface area (Å²) in [4.78, 5) is 21.6. The van der Waals surface area contributed by atoms with Crippen molar-refractivity contribution in [3.05, 3.63) is 197 Å². The van der Waals surface area contributed by atoms with Crippen LogP contribution in [0, 0.1) is 83.1 Å². The summed E-state index contributed by atoms with van der Waals surface area (Å²) in [6.07, 6.45) is 24.5. The van der Waals surface area contributed by atoms with Gasteiger partial charge in [0.05, 0.1) is 30.6 Å². The maximum atomic E-state index is 4.71. The molecule has 12 aromatic rings. The Labute approximate surface area is 424 Å². The number of aromatic nitrogens is 20. The summed E-state index contributed by atoms with van der Waals surface area (Å²) in [5.41, 5.74) is 7.85. The number of aryl methyl sites for hydroxylation is 12. The average molecular weight is 1030 g/mol. The zero-order valence-corrected chi connectivity index (χ0v) is 43.8. The first-order valence-corrected chi connectivity index (χ1v) is 22.9. The van der Waals surface area contributed by atoms with Crippen molar-refractivity contribution in [2.45, 2.75) is 83.1 Å². The van der Waals surface area contributed by atoms with Gasteiger partial charge in [-0.15, -0.1) is 10.2 Å². The van der Waals surface area contributed by atoms with Gasteiger partial charge in [0.2, 0.25) is 5.89 Å². The van der Waals surface area contributed by atoms with E-state index in [-0.39, 0.29) is 0 Å². The summed E-state index contributed by atoms with van der Waals surface area (Å²) < 4.78 is 26.4. The maximum absolute atomic E-state index is 4.71. The van der Waals surface area contributed by atoms with E-state index in [2.05, 4.69) is 150 Å². The Balaban J connectivity index is 0.000000393. The third-order valence-electron chi connectivity index (χ3n) is 6.87. The molecule has 0 fully saturated rings. The van der Waals surface area contributed by atoms with Gasteiger partial charge in [0, 0.05) is 47.9 Å². The Morgan fingerprint density at radius 2 is 1.33 bits per heavy atom. The molecule has 0 bridgehead atoms. The van der Waals surface area contributed by atoms with Gasteiger partial charge in [0.1, 0.15) is 53.9 Å². The minimum Gasteiger partial charge on any atom is -0.472 e. The molecule has 12 heterocycles. The Kier molecular flexibility index (Phi) is 35.0. The number of furan rings is 1. The van der Waals surface area contributed by atoms with Crippen LogP contribution in [-0.2, 0) is 0 Å². The van der Waals surface area contributed by atoms with Gasteiger partial charge in [-0.25, -0.2) is 19.9 Å². The first-order chi connectivity index (χ1) is 34.7. The molecule has 25 nitrogen and oxygen atoms in total. The summed E-state index contributed by atoms with van der Waals surface area (Å²) in [5, 5.41) is 47.1. The van der Waals surface area contributed by atoms with Crippen LogP contribution in [0.3, 0.4) is 0 Å². The number of H-pyrrole nitrogens is 5. The molecule has 12 rings (SSSR count). The lowest BCUT2D eigenvalue weighted by Crippen LogP contribution is -1.68. The largest absolute Gasteiger partial charge is 0.472 e. The van der Waals surface area contributed by atoms with Gasteiger partial charge in [-0.1, -0.05) is 5.16 Å². The first-order valence-electron chi connectivity index (χ1n) is 21.1. The molecule has 0 amide bonds. The highest BCUT2D eigenvalue weighted by atomic mass is 32.1. The van der Waals surface area contributed by atoms with Crippen molar-refractivity contribution in [3.63, 3.8) is 0 Å². The van der Waals surface area contributed by atoms with E-state index < -0.39 is 0 Å². The van der Waals surface area contributed by atoms with Crippen LogP contribution in [0.2, 0.25) is 0 Å². The maximum Gasteiger partial charge on any atom is 0.223 e. The molecule has 0 saturated carbocycles. The second-order valence-corrected chi connectivity index (χ2v) is 15.5. The molecule has 12 aromatic heterocycles. The summed E-state index contributed by atoms with van der Waals surface area (Å²) in [6, 6.07) is 7.96. The Morgan fingerprint density at radius 1 is 0.569 bits per heavy atom. The molecule has 0 atom stereocenters. The number of nitrogens with one attached hydrogen (secondary N) is 5. The van der Waals surface area contributed by atoms with Gasteiger partial charge in [0.25, 0.3) is 0 Å². The molecule has 0 spiro atoms. The molecule has 0 radical (unpaired) electrons. The zero-order chi connectivity index (χ0) is 52.9. The summed E-state index contributed by atoms with van der Waals surface area (Å²) in [5.74, 6) is 3.06. The summed E-state index contributed by atoms with van der Waals surface area (Å²) in [7, 11) is 0. The smallest absolute Gasteiger partial charge is 0.223 e. The molecule has 5 N–H and O–H groups in total. The summed E-state index contributed by atoms with van der Waals surface area (Å²) >= 11 is 3.16. The van der Waals surface area contributed by atoms with Crippen LogP contribution in [0.5, 0.6) is 0 Å². The molecule has 27 heteroatoms. The van der Waals surface area contributed by atoms with Crippen molar-refractivity contribution in [2.75, 3.05) is 0 Å². The number of oxazole rings is 1. The van der Waals surface area contributed by atoms with Crippen LogP contribution in [0.15, 0.2) is 151 Å². The molecule has 72 heavy (non-hydrogen) atoms. The average Bonchev–Trinajstić information content (AvgIpc) is 4.18. The fourth-order valence-electron chi connectivity index (χ4n) is 3.40. The van der Waals surface area contributed by atoms with Crippen molar-refractivity contribution in [1.29, 1.82) is 0 Å². The van der Waals surface area contributed by atoms with Crippen LogP contribution in [0.25, 0.3) is 0 Å². The molecule has 0 saturated heterocycles. The zero-order valence-electron chi connectivity index (χ0n) is 42.2. The van der Waals surface area contributed by atoms with Crippen molar-refractivity contribution >= 4 is 22.9 Å². The first kappa shape index (κ1) is 61.2. The Morgan fingerprint density at radius 3 is 1.49 bits per heavy atom. The number of nitrogens with zero attached hydrogens (tertiary/aromatic N) is 15. The van der Waals surface area contributed by atoms with Crippen LogP contribution < -0.4 is 0 Å². The molecule has 0 aliphatic rings. The molecule has 0 aliphatic carbocycles. The fourth-order valence-corrected chi connectivity index (χ4v) is 4.41. The molecule has 384 valence electrons. The highest BCUT2D eigenvalue weighted by molar-refractivity contribution is 7.08. The lowest BCUT2D eigenvalue weighted by atomic mass is 10.4. The minimum absolute atomic E-state index is 0.606. The van der Waals surface area contributed by atoms with E-state index in [1.807, 2.05) is 92.2 Å². The van der Waals surface area contributed by atoms with E-state index in [4.69, 9.17) is 4.42 Å². The van der Waals surface area contributed by atoms with Crippen LogP contribution in [0.4, 0.5) is 0 Å². The van der Waals surface area contributed by atoms with Crippen molar-refractivity contribution < 1.29 is 22.4 Å². The van der Waals surface area contributed by atoms with Gasteiger partial charge >= 0.3 is 0 Å². The number of hydrogen-bond acceptors (Lipinski definition) is 22. The molecule has 0 unspecified atom stereocenters. The van der Waals surface area contributed by atoms with Gasteiger partial charge in [-0.2, -0.15) is 41.1 Å². The third-order valence-corrected chi connectivity index (χ3v) is 8.24. The second-order valence-electron chi connectivity index (χ2n) is 13.8. The summed E-state index contributed by atoms with van der Waals surface area (Å²) in [6.45, 7) is 23.0. The highest BCUT2D eigenvalue weighted by Crippen LogP contribution is 2.01. The number of rotatable bonds is 0. The lowest BCUT2D eigenvalue weighted by molar-refractivity contribution is 0.374. The molecular formula is C45H62N20O5S2. The van der Waals surface area contributed by atoms with Gasteiger partial charge in [-0.3, -0.25) is 20.4 Å². The van der Waals surface area contributed by atoms with Gasteiger partial charge in [0.15, 0.2) is 18.5 Å². The van der Waals surface area contributed by atoms with E-state index in [0.717, 1.165) is 39.5 Å². The predicted molar refractivity (Wildman–Crippen MR) is 270 cm³/mol. The molecule has 0 aliphatic heterocycles. The van der Waals surface area contributed by atoms with Crippen LogP contribution in [0.1, 0.15) is 67.6 Å². The van der Waals surface area contributed by atoms with Gasteiger partial charge < -0.3 is 27.4 Å². The van der Waals surface area contributed by atoms with E-state index in [1.54, 1.807) is 68.9 Å². The quantitative estimate of drug-likeness (QED) is 0.0943. The second kappa shape index (κ2) is 41.2. The van der Waals surface area contributed by atoms with E-state index in [0.29, 0.717) is 5.89 Å². The third kappa shape index (κ3) is 39.2. The van der Waals surface area contributed by atoms with Crippen molar-refractivity contribution in [1.82, 2.24) is 101 Å². The topological polar surface area (TPSA) is 338 Å². The monoisotopic (exact) mass is 1030 g/mol. The van der Waals surface area contributed by atoms with Crippen LogP contribution >= 0.6 is 22.9 Å². The molecular weight excluding hydrogens is 965 g/mol. The Bertz CT molecular complexity index is 2030. The van der Waals surface area contributed by atoms with E-state index in [9.17, 15) is 0 Å². The fraction of sp³-hybridized carbons (Fsp3) is 0.267. The van der Waals surface area contributed by atoms with Crippen molar-refractivity contribution in [2.24, 2.45) is 0 Å². The lowest BCUT2D eigenvalue weighted by Gasteiger charge is -1.68. The molecule has 0 aromatic carbocycles. The number of thiophene rings is 1. The van der Waals surface area contributed by atoms with Crippen LogP contribution in [-0.4, -0.2) is 101 Å². The SMILES string of the molecule is Cc1cc[nH]c1.Cc1ccn[nH]1.Cc1ccoc1.Cc1ccsc1.Cc1cn[nH]c1.Cc1cnno1.Cc1cocn1.Cc1conn1.Cc1ncn[nH]1.Cc1ncn[nH]1.Cc1ncno1.Cc1ncns1. The number of hydrogen-bond donors (Lipinski definition) is 5. The standard InChI is InChI=1S/C5H7N.C5H6O.C5H6S.2C4H6N2.C4H5NO.2C3H5N3.3C3H4N2O.C3H4N2S/c3*1-5-2-3-6-4-5;1-4-2-5-6-3-4;1-4-2-3-5-6-4;1-4-2-6-3-5-4;3*1-3-4-2-5-6-3;1-3-2-6-5-4-3;1-3-2-4-5-6-3;1-3-4-2-5-6-3/h2-4,6H,1H3;2*2-4H,1H3;2*2-3H,1H3,(H,5,6);2-3H,1H3;2*2H,1H3,(H,4,5,6);4*2H,1H3. The van der Waals surface area contributed by atoms with E-state index in [1.165, 1.54) is 65.4 Å². The Hall–Kier alpha value is -8.85. The highest BCUT2D eigenvalue weighted by Gasteiger charge is 1.83. The van der Waals surface area contributed by atoms with Gasteiger partial charge in [-0.05, 0) is 145 Å². The van der Waals surface area contributed by atoms with Crippen molar-refractivity contribution in [3.8, 4) is 0 Å². The minimum atomic E-state index is 0.606.